The van der Waals surface area contributed by atoms with Gasteiger partial charge in [-0.1, -0.05) is 0 Å². The van der Waals surface area contributed by atoms with Gasteiger partial charge in [0.2, 0.25) is 10.0 Å². The van der Waals surface area contributed by atoms with Crippen LogP contribution in [0.4, 0.5) is 14.5 Å². The number of hydrogen-bond acceptors (Lipinski definition) is 4. The number of anilines is 1. The highest BCUT2D eigenvalue weighted by atomic mass is 32.2. The number of carbonyl (C=O) groups excluding carboxylic acids is 1. The van der Waals surface area contributed by atoms with Crippen molar-refractivity contribution in [3.05, 3.63) is 53.6 Å². The number of carbonyl (C=O) groups is 1. The molecular formula is C17H16F2N2O4S. The first-order valence-electron chi connectivity index (χ1n) is 7.77. The molecule has 1 saturated heterocycles. The number of nitrogens with zero attached hydrogens (tertiary/aromatic N) is 1. The van der Waals surface area contributed by atoms with Crippen molar-refractivity contribution < 1.29 is 26.7 Å². The SMILES string of the molecule is COc1ccc(NC(=O)c2ccc(F)c(S(=O)(=O)N3CCC3)c2)cc1F. The minimum absolute atomic E-state index is 0.0210. The van der Waals surface area contributed by atoms with E-state index in [2.05, 4.69) is 5.32 Å². The van der Waals surface area contributed by atoms with Crippen molar-refractivity contribution in [1.82, 2.24) is 4.31 Å². The first-order valence-corrected chi connectivity index (χ1v) is 9.21. The molecule has 6 nitrogen and oxygen atoms in total. The molecule has 1 amide bonds. The molecule has 0 aliphatic carbocycles. The molecule has 9 heteroatoms. The van der Waals surface area contributed by atoms with E-state index in [1.165, 1.54) is 25.3 Å². The summed E-state index contributed by atoms with van der Waals surface area (Å²) in [6.07, 6.45) is 0.712. The Morgan fingerprint density at radius 1 is 1.12 bits per heavy atom. The topological polar surface area (TPSA) is 75.7 Å². The summed E-state index contributed by atoms with van der Waals surface area (Å²) in [7, 11) is -2.66. The molecule has 1 aliphatic heterocycles. The quantitative estimate of drug-likeness (QED) is 0.863. The molecule has 1 fully saturated rings. The van der Waals surface area contributed by atoms with Gasteiger partial charge in [-0.25, -0.2) is 17.2 Å². The smallest absolute Gasteiger partial charge is 0.255 e. The van der Waals surface area contributed by atoms with Crippen LogP contribution in [-0.2, 0) is 10.0 Å². The van der Waals surface area contributed by atoms with Crippen molar-refractivity contribution in [2.45, 2.75) is 11.3 Å². The molecule has 3 rings (SSSR count). The maximum atomic E-state index is 14.0. The second-order valence-corrected chi connectivity index (χ2v) is 7.61. The van der Waals surface area contributed by atoms with Gasteiger partial charge in [-0.05, 0) is 36.8 Å². The highest BCUT2D eigenvalue weighted by molar-refractivity contribution is 7.89. The number of benzene rings is 2. The van der Waals surface area contributed by atoms with Crippen LogP contribution in [0.15, 0.2) is 41.3 Å². The lowest BCUT2D eigenvalue weighted by atomic mass is 10.2. The Bertz CT molecular complexity index is 959. The predicted molar refractivity (Wildman–Crippen MR) is 90.7 cm³/mol. The fraction of sp³-hybridized carbons (Fsp3) is 0.235. The first kappa shape index (κ1) is 18.3. The van der Waals surface area contributed by atoms with Crippen LogP contribution in [0.1, 0.15) is 16.8 Å². The molecule has 1 aliphatic rings. The Morgan fingerprint density at radius 3 is 2.42 bits per heavy atom. The Morgan fingerprint density at radius 2 is 1.85 bits per heavy atom. The maximum absolute atomic E-state index is 14.0. The van der Waals surface area contributed by atoms with Crippen LogP contribution in [0, 0.1) is 11.6 Å². The molecular weight excluding hydrogens is 366 g/mol. The lowest BCUT2D eigenvalue weighted by Gasteiger charge is -2.29. The van der Waals surface area contributed by atoms with E-state index in [1.54, 1.807) is 0 Å². The molecule has 1 N–H and O–H groups in total. The number of methoxy groups -OCH3 is 1. The summed E-state index contributed by atoms with van der Waals surface area (Å²) in [4.78, 5) is 11.8. The summed E-state index contributed by atoms with van der Waals surface area (Å²) in [6, 6.07) is 6.92. The van der Waals surface area contributed by atoms with E-state index in [-0.39, 0.29) is 17.0 Å². The molecule has 0 atom stereocenters. The molecule has 2 aromatic carbocycles. The second-order valence-electron chi connectivity index (χ2n) is 5.71. The second kappa shape index (κ2) is 7.00. The number of sulfonamides is 1. The van der Waals surface area contributed by atoms with Crippen LogP contribution < -0.4 is 10.1 Å². The molecule has 0 unspecified atom stereocenters. The average molecular weight is 382 g/mol. The van der Waals surface area contributed by atoms with Crippen LogP contribution in [-0.4, -0.2) is 38.8 Å². The van der Waals surface area contributed by atoms with Gasteiger partial charge in [-0.3, -0.25) is 4.79 Å². The summed E-state index contributed by atoms with van der Waals surface area (Å²) in [6.45, 7) is 0.645. The summed E-state index contributed by atoms with van der Waals surface area (Å²) in [5, 5.41) is 2.44. The Hall–Kier alpha value is -2.52. The van der Waals surface area contributed by atoms with E-state index >= 15 is 0 Å². The molecule has 0 aromatic heterocycles. The van der Waals surface area contributed by atoms with Gasteiger partial charge in [0.05, 0.1) is 7.11 Å². The van der Waals surface area contributed by atoms with Crippen molar-refractivity contribution in [1.29, 1.82) is 0 Å². The van der Waals surface area contributed by atoms with Crippen LogP contribution in [0.3, 0.4) is 0 Å². The van der Waals surface area contributed by atoms with Gasteiger partial charge in [-0.2, -0.15) is 4.31 Å². The normalized spacial score (nSPS) is 14.6. The summed E-state index contributed by atoms with van der Waals surface area (Å²) >= 11 is 0. The van der Waals surface area contributed by atoms with E-state index in [1.807, 2.05) is 0 Å². The van der Waals surface area contributed by atoms with Crippen molar-refractivity contribution in [3.8, 4) is 5.75 Å². The molecule has 0 spiro atoms. The number of amides is 1. The third-order valence-electron chi connectivity index (χ3n) is 4.04. The van der Waals surface area contributed by atoms with Crippen LogP contribution in [0.2, 0.25) is 0 Å². The fourth-order valence-electron chi connectivity index (χ4n) is 2.46. The largest absolute Gasteiger partial charge is 0.494 e. The number of hydrogen-bond donors (Lipinski definition) is 1. The maximum Gasteiger partial charge on any atom is 0.255 e. The highest BCUT2D eigenvalue weighted by Gasteiger charge is 2.32. The van der Waals surface area contributed by atoms with E-state index in [9.17, 15) is 22.0 Å². The molecule has 1 heterocycles. The third kappa shape index (κ3) is 3.40. The van der Waals surface area contributed by atoms with E-state index in [0.29, 0.717) is 19.5 Å². The third-order valence-corrected chi connectivity index (χ3v) is 5.95. The predicted octanol–water partition coefficient (Wildman–Crippen LogP) is 2.62. The van der Waals surface area contributed by atoms with Crippen LogP contribution in [0.25, 0.3) is 0 Å². The average Bonchev–Trinajstić information content (AvgIpc) is 2.53. The van der Waals surface area contributed by atoms with E-state index in [4.69, 9.17) is 4.74 Å². The van der Waals surface area contributed by atoms with Crippen molar-refractivity contribution in [3.63, 3.8) is 0 Å². The summed E-state index contributed by atoms with van der Waals surface area (Å²) in [5.74, 6) is -2.25. The first-order chi connectivity index (χ1) is 12.3. The van der Waals surface area contributed by atoms with Crippen molar-refractivity contribution >= 4 is 21.6 Å². The minimum Gasteiger partial charge on any atom is -0.494 e. The van der Waals surface area contributed by atoms with E-state index in [0.717, 1.165) is 22.5 Å². The molecule has 0 saturated carbocycles. The fourth-order valence-corrected chi connectivity index (χ4v) is 4.06. The standard InChI is InChI=1S/C17H16F2N2O4S/c1-25-15-6-4-12(10-14(15)19)20-17(22)11-3-5-13(18)16(9-11)26(23,24)21-7-2-8-21/h3-6,9-10H,2,7-8H2,1H3,(H,20,22). The van der Waals surface area contributed by atoms with Gasteiger partial charge in [0, 0.05) is 30.4 Å². The van der Waals surface area contributed by atoms with Crippen molar-refractivity contribution in [2.75, 3.05) is 25.5 Å². The molecule has 0 radical (unpaired) electrons. The number of halogens is 2. The lowest BCUT2D eigenvalue weighted by molar-refractivity contribution is 0.102. The minimum atomic E-state index is -3.98. The highest BCUT2D eigenvalue weighted by Crippen LogP contribution is 2.25. The molecule has 0 bridgehead atoms. The van der Waals surface area contributed by atoms with Crippen LogP contribution >= 0.6 is 0 Å². The van der Waals surface area contributed by atoms with Crippen molar-refractivity contribution in [2.24, 2.45) is 0 Å². The van der Waals surface area contributed by atoms with Gasteiger partial charge in [0.25, 0.3) is 5.91 Å². The van der Waals surface area contributed by atoms with Gasteiger partial charge < -0.3 is 10.1 Å². The summed E-state index contributed by atoms with van der Waals surface area (Å²) < 4.78 is 58.4. The van der Waals surface area contributed by atoms with Gasteiger partial charge >= 0.3 is 0 Å². The molecule has 2 aromatic rings. The van der Waals surface area contributed by atoms with E-state index < -0.39 is 32.5 Å². The zero-order valence-corrected chi connectivity index (χ0v) is 14.6. The lowest BCUT2D eigenvalue weighted by Crippen LogP contribution is -2.42. The monoisotopic (exact) mass is 382 g/mol. The number of ether oxygens (including phenoxy) is 1. The van der Waals surface area contributed by atoms with Crippen LogP contribution in [0.5, 0.6) is 5.75 Å². The zero-order valence-electron chi connectivity index (χ0n) is 13.8. The Kier molecular flexibility index (Phi) is 4.92. The zero-order chi connectivity index (χ0) is 18.9. The molecule has 138 valence electrons. The Labute approximate surface area is 149 Å². The summed E-state index contributed by atoms with van der Waals surface area (Å²) in [5.41, 5.74) is 0.103. The van der Waals surface area contributed by atoms with Gasteiger partial charge in [-0.15, -0.1) is 0 Å². The van der Waals surface area contributed by atoms with Gasteiger partial charge in [0.15, 0.2) is 11.6 Å². The number of rotatable bonds is 5. The number of nitrogens with one attached hydrogen (secondary N) is 1. The molecule has 26 heavy (non-hydrogen) atoms. The van der Waals surface area contributed by atoms with Gasteiger partial charge in [0.1, 0.15) is 10.7 Å². The Balaban J connectivity index is 1.86.